The molecular weight excluding hydrogens is 468 g/mol. The van der Waals surface area contributed by atoms with Gasteiger partial charge in [0.25, 0.3) is 5.91 Å². The molecule has 3 rings (SSSR count). The van der Waals surface area contributed by atoms with Gasteiger partial charge in [0.1, 0.15) is 11.4 Å². The van der Waals surface area contributed by atoms with Gasteiger partial charge >= 0.3 is 12.4 Å². The Bertz CT molecular complexity index is 1100. The van der Waals surface area contributed by atoms with Crippen molar-refractivity contribution in [1.29, 1.82) is 0 Å². The summed E-state index contributed by atoms with van der Waals surface area (Å²) in [6.45, 7) is 0. The van der Waals surface area contributed by atoms with Crippen molar-refractivity contribution >= 4 is 11.7 Å². The Kier molecular flexibility index (Phi) is 8.46. The minimum Gasteiger partial charge on any atom is -0.289 e. The Morgan fingerprint density at radius 1 is 0.735 bits per heavy atom. The number of hydroxylamine groups is 2. The van der Waals surface area contributed by atoms with Crippen LogP contribution in [0.25, 0.3) is 0 Å². The van der Waals surface area contributed by atoms with Crippen molar-refractivity contribution in [3.63, 3.8) is 0 Å². The average molecular weight is 485 g/mol. The molecule has 0 aliphatic heterocycles. The normalized spacial score (nSPS) is 11.3. The Hall–Kier alpha value is -3.80. The molecular formula is C22H17F6N3O3. The lowest BCUT2D eigenvalue weighted by atomic mass is 10.1. The van der Waals surface area contributed by atoms with E-state index in [0.29, 0.717) is 5.56 Å². The van der Waals surface area contributed by atoms with Crippen molar-refractivity contribution in [2.24, 2.45) is 0 Å². The highest BCUT2D eigenvalue weighted by Crippen LogP contribution is 2.28. The van der Waals surface area contributed by atoms with Crippen LogP contribution in [-0.2, 0) is 17.2 Å². The average Bonchev–Trinajstić information content (AvgIpc) is 2.82. The quantitative estimate of drug-likeness (QED) is 0.293. The standard InChI is InChI=1S/C13H8F3NO.C9H9F3N2O2/c14-13(15,16)11-7-6-10(8-17-11)12(18)9-4-2-1-3-5-9;1-14(16-2)8(15)6-3-4-7(13-5-6)9(10,11)12/h1-8H;3-5H,1-2H3. The van der Waals surface area contributed by atoms with E-state index in [1.165, 1.54) is 14.2 Å². The number of ketones is 1. The molecule has 34 heavy (non-hydrogen) atoms. The zero-order valence-corrected chi connectivity index (χ0v) is 17.7. The number of amides is 1. The fourth-order valence-electron chi connectivity index (χ4n) is 2.40. The van der Waals surface area contributed by atoms with Crippen LogP contribution in [0.5, 0.6) is 0 Å². The number of carbonyl (C=O) groups is 2. The highest BCUT2D eigenvalue weighted by Gasteiger charge is 2.33. The molecule has 0 aliphatic rings. The molecule has 180 valence electrons. The largest absolute Gasteiger partial charge is 0.433 e. The minimum absolute atomic E-state index is 0.0253. The lowest BCUT2D eigenvalue weighted by molar-refractivity contribution is -0.142. The summed E-state index contributed by atoms with van der Waals surface area (Å²) >= 11 is 0. The van der Waals surface area contributed by atoms with E-state index in [1.807, 2.05) is 0 Å². The lowest BCUT2D eigenvalue weighted by Gasteiger charge is -2.13. The topological polar surface area (TPSA) is 72.4 Å². The van der Waals surface area contributed by atoms with Crippen molar-refractivity contribution in [2.75, 3.05) is 14.2 Å². The summed E-state index contributed by atoms with van der Waals surface area (Å²) < 4.78 is 73.4. The van der Waals surface area contributed by atoms with E-state index in [2.05, 4.69) is 14.8 Å². The van der Waals surface area contributed by atoms with Crippen LogP contribution in [0.3, 0.4) is 0 Å². The van der Waals surface area contributed by atoms with Crippen molar-refractivity contribution in [3.8, 4) is 0 Å². The van der Waals surface area contributed by atoms with Crippen LogP contribution in [0.4, 0.5) is 26.3 Å². The van der Waals surface area contributed by atoms with Gasteiger partial charge in [0.05, 0.1) is 12.7 Å². The summed E-state index contributed by atoms with van der Waals surface area (Å²) in [7, 11) is 2.62. The number of benzene rings is 1. The molecule has 0 bridgehead atoms. The first-order chi connectivity index (χ1) is 15.8. The molecule has 6 nitrogen and oxygen atoms in total. The van der Waals surface area contributed by atoms with Gasteiger partial charge in [0.2, 0.25) is 0 Å². The molecule has 0 N–H and O–H groups in total. The second-order valence-electron chi connectivity index (χ2n) is 6.54. The first kappa shape index (κ1) is 26.5. The molecule has 1 aromatic carbocycles. The monoisotopic (exact) mass is 485 g/mol. The van der Waals surface area contributed by atoms with Gasteiger partial charge in [-0.25, -0.2) is 5.06 Å². The first-order valence-electron chi connectivity index (χ1n) is 9.33. The molecule has 1 amide bonds. The van der Waals surface area contributed by atoms with E-state index in [4.69, 9.17) is 0 Å². The number of alkyl halides is 6. The molecule has 0 fully saturated rings. The van der Waals surface area contributed by atoms with E-state index in [9.17, 15) is 35.9 Å². The van der Waals surface area contributed by atoms with Crippen LogP contribution >= 0.6 is 0 Å². The predicted octanol–water partition coefficient (Wildman–Crippen LogP) is 5.07. The number of hydrogen-bond acceptors (Lipinski definition) is 5. The number of pyridine rings is 2. The maximum Gasteiger partial charge on any atom is 0.433 e. The summed E-state index contributed by atoms with van der Waals surface area (Å²) in [5, 5.41) is 0.893. The van der Waals surface area contributed by atoms with Crippen LogP contribution < -0.4 is 0 Å². The number of aromatic nitrogens is 2. The molecule has 12 heteroatoms. The maximum absolute atomic E-state index is 12.3. The Balaban J connectivity index is 0.000000242. The molecule has 0 saturated carbocycles. The van der Waals surface area contributed by atoms with Gasteiger partial charge < -0.3 is 0 Å². The fraction of sp³-hybridized carbons (Fsp3) is 0.182. The van der Waals surface area contributed by atoms with Crippen molar-refractivity contribution < 1.29 is 40.8 Å². The second kappa shape index (κ2) is 10.9. The van der Waals surface area contributed by atoms with Crippen LogP contribution in [0.15, 0.2) is 67.0 Å². The highest BCUT2D eigenvalue weighted by molar-refractivity contribution is 6.08. The molecule has 3 aromatic rings. The number of halogens is 6. The molecule has 2 heterocycles. The van der Waals surface area contributed by atoms with Gasteiger partial charge in [0, 0.05) is 30.6 Å². The Morgan fingerprint density at radius 3 is 1.59 bits per heavy atom. The highest BCUT2D eigenvalue weighted by atomic mass is 19.4. The van der Waals surface area contributed by atoms with E-state index in [1.54, 1.807) is 30.3 Å². The number of nitrogens with zero attached hydrogens (tertiary/aromatic N) is 3. The van der Waals surface area contributed by atoms with E-state index in [-0.39, 0.29) is 16.9 Å². The lowest BCUT2D eigenvalue weighted by Crippen LogP contribution is -2.25. The first-order valence-corrected chi connectivity index (χ1v) is 9.33. The summed E-state index contributed by atoms with van der Waals surface area (Å²) in [6, 6.07) is 12.0. The number of carbonyl (C=O) groups excluding carboxylic acids is 2. The van der Waals surface area contributed by atoms with E-state index < -0.39 is 29.6 Å². The van der Waals surface area contributed by atoms with Crippen LogP contribution in [-0.4, -0.2) is 40.9 Å². The molecule has 0 atom stereocenters. The third-order valence-electron chi connectivity index (χ3n) is 4.21. The minimum atomic E-state index is -4.51. The van der Waals surface area contributed by atoms with Crippen molar-refractivity contribution in [3.05, 3.63) is 95.1 Å². The molecule has 0 spiro atoms. The van der Waals surface area contributed by atoms with Gasteiger partial charge in [-0.15, -0.1) is 0 Å². The zero-order valence-electron chi connectivity index (χ0n) is 17.7. The molecule has 2 aromatic heterocycles. The second-order valence-corrected chi connectivity index (χ2v) is 6.54. The number of rotatable bonds is 4. The van der Waals surface area contributed by atoms with Crippen molar-refractivity contribution in [1.82, 2.24) is 15.0 Å². The van der Waals surface area contributed by atoms with Gasteiger partial charge in [0.15, 0.2) is 5.78 Å². The molecule has 0 radical (unpaired) electrons. The summed E-state index contributed by atoms with van der Waals surface area (Å²) in [4.78, 5) is 34.3. The Labute approximate surface area is 189 Å². The van der Waals surface area contributed by atoms with Crippen molar-refractivity contribution in [2.45, 2.75) is 12.4 Å². The molecule has 0 unspecified atom stereocenters. The van der Waals surface area contributed by atoms with E-state index >= 15 is 0 Å². The van der Waals surface area contributed by atoms with Gasteiger partial charge in [-0.05, 0) is 24.3 Å². The predicted molar refractivity (Wildman–Crippen MR) is 107 cm³/mol. The van der Waals surface area contributed by atoms with Gasteiger partial charge in [-0.2, -0.15) is 26.3 Å². The molecule has 0 aliphatic carbocycles. The third kappa shape index (κ3) is 7.10. The summed E-state index contributed by atoms with van der Waals surface area (Å²) in [5.41, 5.74) is -1.47. The maximum atomic E-state index is 12.3. The van der Waals surface area contributed by atoms with Crippen LogP contribution in [0.2, 0.25) is 0 Å². The number of hydrogen-bond donors (Lipinski definition) is 0. The smallest absolute Gasteiger partial charge is 0.289 e. The van der Waals surface area contributed by atoms with Gasteiger partial charge in [-0.3, -0.25) is 24.4 Å². The Morgan fingerprint density at radius 2 is 1.21 bits per heavy atom. The summed E-state index contributed by atoms with van der Waals surface area (Å²) in [6.07, 6.45) is -7.19. The van der Waals surface area contributed by atoms with E-state index in [0.717, 1.165) is 41.7 Å². The summed E-state index contributed by atoms with van der Waals surface area (Å²) in [5.74, 6) is -0.916. The van der Waals surface area contributed by atoms with Gasteiger partial charge in [-0.1, -0.05) is 30.3 Å². The SMILES string of the molecule is CON(C)C(=O)c1ccc(C(F)(F)F)nc1.O=C(c1ccccc1)c1ccc(C(F)(F)F)nc1. The zero-order chi connectivity index (χ0) is 25.5. The van der Waals surface area contributed by atoms with Crippen LogP contribution in [0.1, 0.15) is 37.7 Å². The fourth-order valence-corrected chi connectivity index (χ4v) is 2.40. The van der Waals surface area contributed by atoms with Crippen LogP contribution in [0, 0.1) is 0 Å². The third-order valence-corrected chi connectivity index (χ3v) is 4.21. The molecule has 0 saturated heterocycles.